The predicted octanol–water partition coefficient (Wildman–Crippen LogP) is 1.86. The van der Waals surface area contributed by atoms with Gasteiger partial charge in [0.25, 0.3) is 0 Å². The van der Waals surface area contributed by atoms with Crippen LogP contribution in [0.5, 0.6) is 0 Å². The molecular weight excluding hydrogens is 200 g/mol. The number of nitrogens with zero attached hydrogens (tertiary/aromatic N) is 2. The number of anilines is 1. The maximum Gasteiger partial charge on any atom is 0.200 e. The van der Waals surface area contributed by atoms with E-state index >= 15 is 0 Å². The predicted molar refractivity (Wildman–Crippen MR) is 66.7 cm³/mol. The number of H-pyrrole nitrogens is 1. The molecule has 2 rings (SSSR count). The first-order valence-electron chi connectivity index (χ1n) is 6.18. The van der Waals surface area contributed by atoms with Crippen molar-refractivity contribution >= 4 is 5.95 Å². The molecule has 1 aromatic rings. The zero-order valence-corrected chi connectivity index (χ0v) is 10.3. The standard InChI is InChI=1S/C12H22N4/c1-10-9-14-12(15-10)13-6-3-11-4-7-16(2)8-5-11/h9,11H,3-8H2,1-2H3,(H2,13,14,15). The molecule has 0 aliphatic carbocycles. The zero-order chi connectivity index (χ0) is 11.4. The average Bonchev–Trinajstić information content (AvgIpc) is 2.67. The molecule has 0 amide bonds. The van der Waals surface area contributed by atoms with Gasteiger partial charge in [-0.15, -0.1) is 0 Å². The van der Waals surface area contributed by atoms with Gasteiger partial charge < -0.3 is 15.2 Å². The van der Waals surface area contributed by atoms with Gasteiger partial charge in [-0.3, -0.25) is 0 Å². The summed E-state index contributed by atoms with van der Waals surface area (Å²) in [5.74, 6) is 1.80. The van der Waals surface area contributed by atoms with Gasteiger partial charge in [0.05, 0.1) is 0 Å². The number of aromatic nitrogens is 2. The lowest BCUT2D eigenvalue weighted by molar-refractivity contribution is 0.215. The number of rotatable bonds is 4. The lowest BCUT2D eigenvalue weighted by Gasteiger charge is -2.28. The number of aromatic amines is 1. The van der Waals surface area contributed by atoms with Crippen molar-refractivity contribution in [1.82, 2.24) is 14.9 Å². The van der Waals surface area contributed by atoms with Gasteiger partial charge in [0, 0.05) is 18.4 Å². The SMILES string of the molecule is Cc1cnc(NCCC2CCN(C)CC2)[nH]1. The van der Waals surface area contributed by atoms with E-state index in [4.69, 9.17) is 0 Å². The highest BCUT2D eigenvalue weighted by atomic mass is 15.1. The van der Waals surface area contributed by atoms with E-state index in [0.29, 0.717) is 0 Å². The number of nitrogens with one attached hydrogen (secondary N) is 2. The fourth-order valence-electron chi connectivity index (χ4n) is 2.25. The van der Waals surface area contributed by atoms with Crippen molar-refractivity contribution in [2.45, 2.75) is 26.2 Å². The third-order valence-electron chi connectivity index (χ3n) is 3.39. The van der Waals surface area contributed by atoms with E-state index in [9.17, 15) is 0 Å². The van der Waals surface area contributed by atoms with Crippen molar-refractivity contribution < 1.29 is 0 Å². The molecule has 1 fully saturated rings. The number of aryl methyl sites for hydroxylation is 1. The minimum atomic E-state index is 0.889. The van der Waals surface area contributed by atoms with Gasteiger partial charge in [-0.1, -0.05) is 0 Å². The first-order valence-corrected chi connectivity index (χ1v) is 6.18. The molecule has 0 saturated carbocycles. The highest BCUT2D eigenvalue weighted by Gasteiger charge is 2.15. The number of piperidine rings is 1. The van der Waals surface area contributed by atoms with E-state index in [1.807, 2.05) is 13.1 Å². The molecule has 1 aromatic heterocycles. The Morgan fingerprint density at radius 2 is 2.25 bits per heavy atom. The summed E-state index contributed by atoms with van der Waals surface area (Å²) in [6.45, 7) is 5.56. The number of hydrogen-bond donors (Lipinski definition) is 2. The number of hydrogen-bond acceptors (Lipinski definition) is 3. The lowest BCUT2D eigenvalue weighted by Crippen LogP contribution is -2.30. The molecule has 2 heterocycles. The minimum Gasteiger partial charge on any atom is -0.356 e. The Labute approximate surface area is 97.4 Å². The van der Waals surface area contributed by atoms with Crippen molar-refractivity contribution in [3.05, 3.63) is 11.9 Å². The summed E-state index contributed by atoms with van der Waals surface area (Å²) in [6.07, 6.45) is 5.80. The highest BCUT2D eigenvalue weighted by molar-refractivity contribution is 5.25. The van der Waals surface area contributed by atoms with Gasteiger partial charge in [0.2, 0.25) is 0 Å². The van der Waals surface area contributed by atoms with Crippen LogP contribution in [-0.2, 0) is 0 Å². The van der Waals surface area contributed by atoms with Crippen LogP contribution in [0.4, 0.5) is 5.95 Å². The Balaban J connectivity index is 1.64. The van der Waals surface area contributed by atoms with Gasteiger partial charge in [-0.25, -0.2) is 4.98 Å². The van der Waals surface area contributed by atoms with Crippen LogP contribution in [0.3, 0.4) is 0 Å². The van der Waals surface area contributed by atoms with E-state index in [1.165, 1.54) is 32.4 Å². The molecule has 0 spiro atoms. The van der Waals surface area contributed by atoms with Crippen LogP contribution in [0.15, 0.2) is 6.20 Å². The summed E-state index contributed by atoms with van der Waals surface area (Å²) >= 11 is 0. The summed E-state index contributed by atoms with van der Waals surface area (Å²) in [6, 6.07) is 0. The first kappa shape index (κ1) is 11.5. The molecule has 1 aliphatic rings. The Hall–Kier alpha value is -1.03. The summed E-state index contributed by atoms with van der Waals surface area (Å²) in [4.78, 5) is 9.84. The van der Waals surface area contributed by atoms with Gasteiger partial charge in [-0.05, 0) is 52.2 Å². The fraction of sp³-hybridized carbons (Fsp3) is 0.750. The van der Waals surface area contributed by atoms with Crippen LogP contribution < -0.4 is 5.32 Å². The normalized spacial score (nSPS) is 18.9. The summed E-state index contributed by atoms with van der Waals surface area (Å²) in [5, 5.41) is 3.34. The molecule has 1 saturated heterocycles. The van der Waals surface area contributed by atoms with Gasteiger partial charge in [-0.2, -0.15) is 0 Å². The van der Waals surface area contributed by atoms with Crippen LogP contribution in [0.25, 0.3) is 0 Å². The number of imidazole rings is 1. The fourth-order valence-corrected chi connectivity index (χ4v) is 2.25. The molecule has 1 aliphatic heterocycles. The lowest BCUT2D eigenvalue weighted by atomic mass is 9.94. The zero-order valence-electron chi connectivity index (χ0n) is 10.3. The van der Waals surface area contributed by atoms with Gasteiger partial charge >= 0.3 is 0 Å². The topological polar surface area (TPSA) is 44.0 Å². The molecule has 90 valence electrons. The van der Waals surface area contributed by atoms with Crippen molar-refractivity contribution in [3.63, 3.8) is 0 Å². The van der Waals surface area contributed by atoms with E-state index in [0.717, 1.165) is 24.1 Å². The monoisotopic (exact) mass is 222 g/mol. The first-order chi connectivity index (χ1) is 7.74. The van der Waals surface area contributed by atoms with Crippen molar-refractivity contribution in [1.29, 1.82) is 0 Å². The highest BCUT2D eigenvalue weighted by Crippen LogP contribution is 2.19. The van der Waals surface area contributed by atoms with Crippen LogP contribution in [0.2, 0.25) is 0 Å². The van der Waals surface area contributed by atoms with Crippen molar-refractivity contribution in [3.8, 4) is 0 Å². The molecule has 0 bridgehead atoms. The van der Waals surface area contributed by atoms with Crippen LogP contribution >= 0.6 is 0 Å². The van der Waals surface area contributed by atoms with Crippen LogP contribution in [-0.4, -0.2) is 41.5 Å². The van der Waals surface area contributed by atoms with E-state index in [1.54, 1.807) is 0 Å². The second kappa shape index (κ2) is 5.34. The molecule has 4 nitrogen and oxygen atoms in total. The average molecular weight is 222 g/mol. The Morgan fingerprint density at radius 1 is 1.50 bits per heavy atom. The van der Waals surface area contributed by atoms with Gasteiger partial charge in [0.1, 0.15) is 0 Å². The molecule has 2 N–H and O–H groups in total. The Morgan fingerprint density at radius 3 is 2.88 bits per heavy atom. The summed E-state index contributed by atoms with van der Waals surface area (Å²) in [7, 11) is 2.21. The van der Waals surface area contributed by atoms with E-state index in [-0.39, 0.29) is 0 Å². The largest absolute Gasteiger partial charge is 0.356 e. The van der Waals surface area contributed by atoms with Crippen molar-refractivity contribution in [2.24, 2.45) is 5.92 Å². The maximum atomic E-state index is 4.24. The second-order valence-electron chi connectivity index (χ2n) is 4.88. The van der Waals surface area contributed by atoms with E-state index in [2.05, 4.69) is 27.2 Å². The molecule has 0 aromatic carbocycles. The molecule has 0 unspecified atom stereocenters. The van der Waals surface area contributed by atoms with Crippen molar-refractivity contribution in [2.75, 3.05) is 32.0 Å². The molecule has 4 heteroatoms. The minimum absolute atomic E-state index is 0.889. The van der Waals surface area contributed by atoms with E-state index < -0.39 is 0 Å². The van der Waals surface area contributed by atoms with Crippen LogP contribution in [0.1, 0.15) is 25.0 Å². The molecular formula is C12H22N4. The molecule has 0 radical (unpaired) electrons. The Kier molecular flexibility index (Phi) is 3.83. The third kappa shape index (κ3) is 3.23. The maximum absolute atomic E-state index is 4.24. The smallest absolute Gasteiger partial charge is 0.200 e. The second-order valence-corrected chi connectivity index (χ2v) is 4.88. The van der Waals surface area contributed by atoms with Gasteiger partial charge in [0.15, 0.2) is 5.95 Å². The molecule has 0 atom stereocenters. The summed E-state index contributed by atoms with van der Waals surface area (Å²) < 4.78 is 0. The quantitative estimate of drug-likeness (QED) is 0.817. The molecule has 16 heavy (non-hydrogen) atoms. The van der Waals surface area contributed by atoms with Crippen LogP contribution in [0, 0.1) is 12.8 Å². The third-order valence-corrected chi connectivity index (χ3v) is 3.39. The number of likely N-dealkylation sites (tertiary alicyclic amines) is 1. The summed E-state index contributed by atoms with van der Waals surface area (Å²) in [5.41, 5.74) is 1.11. The Bertz CT molecular complexity index is 313.